The zero-order valence-corrected chi connectivity index (χ0v) is 11.8. The molecule has 0 bridgehead atoms. The second-order valence-electron chi connectivity index (χ2n) is 4.83. The number of carbonyl (C=O) groups is 1. The molecule has 110 valence electrons. The van der Waals surface area contributed by atoms with Crippen LogP contribution in [0.1, 0.15) is 23.5 Å². The van der Waals surface area contributed by atoms with Gasteiger partial charge in [-0.1, -0.05) is 24.3 Å². The van der Waals surface area contributed by atoms with Gasteiger partial charge in [-0.3, -0.25) is 4.79 Å². The van der Waals surface area contributed by atoms with Crippen molar-refractivity contribution in [3.8, 4) is 5.75 Å². The van der Waals surface area contributed by atoms with Crippen molar-refractivity contribution in [2.45, 2.75) is 18.8 Å². The van der Waals surface area contributed by atoms with Gasteiger partial charge in [-0.05, 0) is 48.2 Å². The fraction of sp³-hybridized carbons (Fsp3) is 0.235. The number of carboxylic acid groups (broad SMARTS) is 1. The molecule has 0 heterocycles. The van der Waals surface area contributed by atoms with Gasteiger partial charge in [-0.15, -0.1) is 0 Å². The SMILES string of the molecule is COc1ccc(CCC(C(=O)O)c2ccc(F)cc2)cc1. The van der Waals surface area contributed by atoms with Gasteiger partial charge in [-0.25, -0.2) is 4.39 Å². The number of halogens is 1. The summed E-state index contributed by atoms with van der Waals surface area (Å²) in [7, 11) is 1.60. The highest BCUT2D eigenvalue weighted by Gasteiger charge is 2.19. The van der Waals surface area contributed by atoms with Gasteiger partial charge in [-0.2, -0.15) is 0 Å². The van der Waals surface area contributed by atoms with Crippen LogP contribution in [0.5, 0.6) is 5.75 Å². The van der Waals surface area contributed by atoms with E-state index < -0.39 is 11.9 Å². The molecule has 0 fully saturated rings. The van der Waals surface area contributed by atoms with Gasteiger partial charge in [0.2, 0.25) is 0 Å². The second-order valence-corrected chi connectivity index (χ2v) is 4.83. The maximum atomic E-state index is 12.9. The number of methoxy groups -OCH3 is 1. The number of hydrogen-bond acceptors (Lipinski definition) is 2. The van der Waals surface area contributed by atoms with Crippen LogP contribution in [0.4, 0.5) is 4.39 Å². The molecular formula is C17H17FO3. The van der Waals surface area contributed by atoms with Crippen molar-refractivity contribution in [2.75, 3.05) is 7.11 Å². The van der Waals surface area contributed by atoms with E-state index in [9.17, 15) is 14.3 Å². The molecule has 4 heteroatoms. The van der Waals surface area contributed by atoms with Gasteiger partial charge in [0.15, 0.2) is 0 Å². The largest absolute Gasteiger partial charge is 0.497 e. The third kappa shape index (κ3) is 4.05. The monoisotopic (exact) mass is 288 g/mol. The van der Waals surface area contributed by atoms with Crippen LogP contribution in [0.25, 0.3) is 0 Å². The molecule has 2 rings (SSSR count). The van der Waals surface area contributed by atoms with E-state index in [-0.39, 0.29) is 5.82 Å². The average Bonchev–Trinajstić information content (AvgIpc) is 2.49. The topological polar surface area (TPSA) is 46.5 Å². The van der Waals surface area contributed by atoms with Crippen molar-refractivity contribution < 1.29 is 19.0 Å². The normalized spacial score (nSPS) is 11.9. The maximum Gasteiger partial charge on any atom is 0.310 e. The van der Waals surface area contributed by atoms with Gasteiger partial charge in [0, 0.05) is 0 Å². The molecule has 21 heavy (non-hydrogen) atoms. The highest BCUT2D eigenvalue weighted by molar-refractivity contribution is 5.76. The predicted molar refractivity (Wildman–Crippen MR) is 78.1 cm³/mol. The van der Waals surface area contributed by atoms with E-state index in [0.717, 1.165) is 11.3 Å². The molecular weight excluding hydrogens is 271 g/mol. The standard InChI is InChI=1S/C17H17FO3/c1-21-15-9-2-12(3-10-15)4-11-16(17(19)20)13-5-7-14(18)8-6-13/h2-3,5-10,16H,4,11H2,1H3,(H,19,20). The average molecular weight is 288 g/mol. The molecule has 0 spiro atoms. The molecule has 0 aliphatic heterocycles. The first-order valence-corrected chi connectivity index (χ1v) is 6.71. The van der Waals surface area contributed by atoms with Crippen LogP contribution in [-0.2, 0) is 11.2 Å². The van der Waals surface area contributed by atoms with Crippen molar-refractivity contribution in [1.29, 1.82) is 0 Å². The molecule has 2 aromatic carbocycles. The van der Waals surface area contributed by atoms with Crippen LogP contribution in [0.2, 0.25) is 0 Å². The summed E-state index contributed by atoms with van der Waals surface area (Å²) in [4.78, 5) is 11.4. The molecule has 1 N–H and O–H groups in total. The summed E-state index contributed by atoms with van der Waals surface area (Å²) in [6.45, 7) is 0. The summed E-state index contributed by atoms with van der Waals surface area (Å²) in [6, 6.07) is 13.2. The van der Waals surface area contributed by atoms with Crippen LogP contribution < -0.4 is 4.74 Å². The van der Waals surface area contributed by atoms with Crippen LogP contribution in [0.15, 0.2) is 48.5 Å². The summed E-state index contributed by atoms with van der Waals surface area (Å²) >= 11 is 0. The highest BCUT2D eigenvalue weighted by Crippen LogP contribution is 2.23. The lowest BCUT2D eigenvalue weighted by Crippen LogP contribution is -2.12. The molecule has 0 amide bonds. The van der Waals surface area contributed by atoms with Crippen molar-refractivity contribution in [3.05, 3.63) is 65.5 Å². The summed E-state index contributed by atoms with van der Waals surface area (Å²) in [5.74, 6) is -1.12. The van der Waals surface area contributed by atoms with Crippen molar-refractivity contribution in [3.63, 3.8) is 0 Å². The van der Waals surface area contributed by atoms with Crippen molar-refractivity contribution in [1.82, 2.24) is 0 Å². The van der Waals surface area contributed by atoms with Crippen molar-refractivity contribution in [2.24, 2.45) is 0 Å². The molecule has 0 aliphatic rings. The number of rotatable bonds is 6. The number of ether oxygens (including phenoxy) is 1. The molecule has 0 aromatic heterocycles. The van der Waals surface area contributed by atoms with E-state index in [2.05, 4.69) is 0 Å². The van der Waals surface area contributed by atoms with E-state index >= 15 is 0 Å². The Hall–Kier alpha value is -2.36. The third-order valence-corrected chi connectivity index (χ3v) is 3.45. The van der Waals surface area contributed by atoms with E-state index in [4.69, 9.17) is 4.74 Å². The molecule has 1 atom stereocenters. The van der Waals surface area contributed by atoms with Gasteiger partial charge in [0.1, 0.15) is 11.6 Å². The Morgan fingerprint density at radius 1 is 1.14 bits per heavy atom. The van der Waals surface area contributed by atoms with E-state index in [1.165, 1.54) is 24.3 Å². The Morgan fingerprint density at radius 3 is 2.29 bits per heavy atom. The Bertz CT molecular complexity index is 590. The highest BCUT2D eigenvalue weighted by atomic mass is 19.1. The number of hydrogen-bond donors (Lipinski definition) is 1. The molecule has 0 radical (unpaired) electrons. The Labute approximate surface area is 123 Å². The second kappa shape index (κ2) is 6.88. The zero-order chi connectivity index (χ0) is 15.2. The Kier molecular flexibility index (Phi) is 4.93. The molecule has 1 unspecified atom stereocenters. The maximum absolute atomic E-state index is 12.9. The number of carboxylic acids is 1. The lowest BCUT2D eigenvalue weighted by molar-refractivity contribution is -0.138. The number of aryl methyl sites for hydroxylation is 1. The lowest BCUT2D eigenvalue weighted by atomic mass is 9.92. The summed E-state index contributed by atoms with van der Waals surface area (Å²) in [6.07, 6.45) is 1.10. The fourth-order valence-electron chi connectivity index (χ4n) is 2.23. The number of benzene rings is 2. The minimum absolute atomic E-state index is 0.363. The first-order valence-electron chi connectivity index (χ1n) is 6.71. The molecule has 2 aromatic rings. The summed E-state index contributed by atoms with van der Waals surface area (Å²) in [5, 5.41) is 9.34. The Balaban J connectivity index is 2.06. The lowest BCUT2D eigenvalue weighted by Gasteiger charge is -2.13. The minimum Gasteiger partial charge on any atom is -0.497 e. The van der Waals surface area contributed by atoms with Crippen LogP contribution in [0, 0.1) is 5.82 Å². The molecule has 0 aliphatic carbocycles. The smallest absolute Gasteiger partial charge is 0.310 e. The van der Waals surface area contributed by atoms with Crippen LogP contribution in [-0.4, -0.2) is 18.2 Å². The van der Waals surface area contributed by atoms with Gasteiger partial charge < -0.3 is 9.84 Å². The van der Waals surface area contributed by atoms with E-state index in [1.54, 1.807) is 7.11 Å². The zero-order valence-electron chi connectivity index (χ0n) is 11.8. The molecule has 3 nitrogen and oxygen atoms in total. The third-order valence-electron chi connectivity index (χ3n) is 3.45. The van der Waals surface area contributed by atoms with Gasteiger partial charge in [0.05, 0.1) is 13.0 Å². The van der Waals surface area contributed by atoms with Crippen molar-refractivity contribution >= 4 is 5.97 Å². The van der Waals surface area contributed by atoms with Crippen LogP contribution >= 0.6 is 0 Å². The first kappa shape index (κ1) is 15.0. The van der Waals surface area contributed by atoms with Gasteiger partial charge in [0.25, 0.3) is 0 Å². The summed E-state index contributed by atoms with van der Waals surface area (Å²) < 4.78 is 18.0. The van der Waals surface area contributed by atoms with E-state index in [1.807, 2.05) is 24.3 Å². The van der Waals surface area contributed by atoms with Gasteiger partial charge >= 0.3 is 5.97 Å². The first-order chi connectivity index (χ1) is 10.1. The molecule has 0 saturated carbocycles. The van der Waals surface area contributed by atoms with Crippen LogP contribution in [0.3, 0.4) is 0 Å². The quantitative estimate of drug-likeness (QED) is 0.882. The predicted octanol–water partition coefficient (Wildman–Crippen LogP) is 3.64. The minimum atomic E-state index is -0.893. The number of aliphatic carboxylic acids is 1. The molecule has 0 saturated heterocycles. The Morgan fingerprint density at radius 2 is 1.76 bits per heavy atom. The fourth-order valence-corrected chi connectivity index (χ4v) is 2.23. The van der Waals surface area contributed by atoms with E-state index in [0.29, 0.717) is 18.4 Å². The summed E-state index contributed by atoms with van der Waals surface area (Å²) in [5.41, 5.74) is 1.67.